The molecule has 0 aromatic rings. The van der Waals surface area contributed by atoms with Gasteiger partial charge in [-0.25, -0.2) is 9.86 Å². The Balaban J connectivity index is 1.52. The van der Waals surface area contributed by atoms with Gasteiger partial charge >= 0.3 is 6.03 Å². The van der Waals surface area contributed by atoms with Crippen molar-refractivity contribution in [2.75, 3.05) is 19.6 Å². The number of amides is 3. The number of urea groups is 1. The molecule has 3 amide bonds. The second-order valence-corrected chi connectivity index (χ2v) is 6.84. The third-order valence-corrected chi connectivity index (χ3v) is 5.26. The van der Waals surface area contributed by atoms with Gasteiger partial charge in [0.1, 0.15) is 6.04 Å². The van der Waals surface area contributed by atoms with Gasteiger partial charge in [-0.3, -0.25) is 10.0 Å². The Labute approximate surface area is 142 Å². The standard InChI is InChI=1S/C15H24BN4O4/c21-10-16-18-7-1-3-11(4-2-8-18)17-14(22)13-6-5-12-9-19(13)15(23)20(12)24/h10-13,24H,1-9H2,(H,17,22)/t12-,13+/m1/s1. The Kier molecular flexibility index (Phi) is 5.40. The third kappa shape index (κ3) is 3.56. The highest BCUT2D eigenvalue weighted by Gasteiger charge is 2.46. The van der Waals surface area contributed by atoms with Gasteiger partial charge in [0.15, 0.2) is 0 Å². The van der Waals surface area contributed by atoms with E-state index in [-0.39, 0.29) is 18.0 Å². The van der Waals surface area contributed by atoms with Gasteiger partial charge < -0.3 is 19.8 Å². The first-order chi connectivity index (χ1) is 11.6. The van der Waals surface area contributed by atoms with E-state index in [4.69, 9.17) is 0 Å². The predicted octanol–water partition coefficient (Wildman–Crippen LogP) is -0.186. The van der Waals surface area contributed by atoms with Crippen LogP contribution in [-0.4, -0.2) is 83.3 Å². The molecule has 3 heterocycles. The molecule has 0 saturated carbocycles. The molecule has 131 valence electrons. The maximum atomic E-state index is 12.6. The first kappa shape index (κ1) is 17.2. The molecular formula is C15H24BN4O4. The molecule has 2 atom stereocenters. The van der Waals surface area contributed by atoms with E-state index in [9.17, 15) is 19.6 Å². The van der Waals surface area contributed by atoms with Gasteiger partial charge in [0.05, 0.1) is 12.2 Å². The third-order valence-electron chi connectivity index (χ3n) is 5.26. The van der Waals surface area contributed by atoms with Gasteiger partial charge in [-0.2, -0.15) is 0 Å². The molecule has 0 aromatic carbocycles. The molecule has 8 nitrogen and oxygen atoms in total. The van der Waals surface area contributed by atoms with Crippen LogP contribution in [0, 0.1) is 0 Å². The highest BCUT2D eigenvalue weighted by Crippen LogP contribution is 2.28. The second kappa shape index (κ2) is 7.52. The minimum absolute atomic E-state index is 0.108. The molecule has 0 unspecified atom stereocenters. The van der Waals surface area contributed by atoms with Crippen LogP contribution in [0.5, 0.6) is 0 Å². The fourth-order valence-electron chi connectivity index (χ4n) is 3.94. The number of hydrogen-bond acceptors (Lipinski definition) is 5. The van der Waals surface area contributed by atoms with E-state index in [0.29, 0.717) is 19.4 Å². The Hall–Kier alpha value is -1.61. The molecule has 0 aliphatic carbocycles. The first-order valence-corrected chi connectivity index (χ1v) is 8.72. The van der Waals surface area contributed by atoms with Gasteiger partial charge in [0.2, 0.25) is 5.91 Å². The van der Waals surface area contributed by atoms with Crippen molar-refractivity contribution in [3.63, 3.8) is 0 Å². The van der Waals surface area contributed by atoms with Gasteiger partial charge in [-0.1, -0.05) is 0 Å². The van der Waals surface area contributed by atoms with E-state index in [1.165, 1.54) is 4.90 Å². The Morgan fingerprint density at radius 2 is 1.92 bits per heavy atom. The van der Waals surface area contributed by atoms with Crippen molar-refractivity contribution in [3.05, 3.63) is 0 Å². The van der Waals surface area contributed by atoms with Crippen LogP contribution in [0.1, 0.15) is 38.5 Å². The predicted molar refractivity (Wildman–Crippen MR) is 87.0 cm³/mol. The summed E-state index contributed by atoms with van der Waals surface area (Å²) >= 11 is 0. The summed E-state index contributed by atoms with van der Waals surface area (Å²) in [4.78, 5) is 38.6. The number of carbonyl (C=O) groups is 3. The van der Waals surface area contributed by atoms with Crippen LogP contribution in [0.2, 0.25) is 0 Å². The molecule has 2 N–H and O–H groups in total. The highest BCUT2D eigenvalue weighted by molar-refractivity contribution is 6.64. The number of fused-ring (bicyclic) bond motifs is 2. The lowest BCUT2D eigenvalue weighted by atomic mass is 9.91. The second-order valence-electron chi connectivity index (χ2n) is 6.84. The van der Waals surface area contributed by atoms with Crippen molar-refractivity contribution >= 4 is 25.5 Å². The zero-order valence-corrected chi connectivity index (χ0v) is 13.8. The topological polar surface area (TPSA) is 93.2 Å². The normalized spacial score (nSPS) is 29.1. The van der Waals surface area contributed by atoms with E-state index >= 15 is 0 Å². The first-order valence-electron chi connectivity index (χ1n) is 8.72. The number of hydroxylamine groups is 2. The van der Waals surface area contributed by atoms with E-state index in [0.717, 1.165) is 50.0 Å². The average molecular weight is 335 g/mol. The monoisotopic (exact) mass is 335 g/mol. The van der Waals surface area contributed by atoms with Crippen LogP contribution in [0.3, 0.4) is 0 Å². The number of carbonyl (C=O) groups excluding carboxylic acids is 3. The lowest BCUT2D eigenvalue weighted by Crippen LogP contribution is -2.52. The summed E-state index contributed by atoms with van der Waals surface area (Å²) in [5.74, 6) is -0.112. The fourth-order valence-corrected chi connectivity index (χ4v) is 3.94. The molecule has 0 spiro atoms. The molecule has 3 aliphatic heterocycles. The minimum atomic E-state index is -0.476. The molecule has 3 aliphatic rings. The smallest absolute Gasteiger partial charge is 0.344 e. The summed E-state index contributed by atoms with van der Waals surface area (Å²) in [6.45, 7) is 2.06. The van der Waals surface area contributed by atoms with Crippen molar-refractivity contribution in [1.29, 1.82) is 0 Å². The van der Waals surface area contributed by atoms with Gasteiger partial charge in [-0.05, 0) is 51.6 Å². The van der Waals surface area contributed by atoms with Gasteiger partial charge in [-0.15, -0.1) is 0 Å². The van der Waals surface area contributed by atoms with Crippen molar-refractivity contribution in [2.45, 2.75) is 56.7 Å². The maximum absolute atomic E-state index is 12.6. The molecule has 2 bridgehead atoms. The molecule has 9 heteroatoms. The molecule has 24 heavy (non-hydrogen) atoms. The van der Waals surface area contributed by atoms with Crippen LogP contribution < -0.4 is 5.32 Å². The average Bonchev–Trinajstić information content (AvgIpc) is 2.76. The summed E-state index contributed by atoms with van der Waals surface area (Å²) in [5.41, 5.74) is 0. The summed E-state index contributed by atoms with van der Waals surface area (Å²) < 4.78 is 0. The SMILES string of the molecule is O=C[B]N1CCCC(NC(=O)[C@@H]2CC[C@@H]3CN2C(=O)N3O)CCC1. The molecule has 3 fully saturated rings. The van der Waals surface area contributed by atoms with Crippen molar-refractivity contribution in [1.82, 2.24) is 20.1 Å². The quantitative estimate of drug-likeness (QED) is 0.422. The van der Waals surface area contributed by atoms with Crippen molar-refractivity contribution in [3.8, 4) is 0 Å². The molecule has 0 aromatic heterocycles. The Bertz CT molecular complexity index is 496. The molecule has 1 radical (unpaired) electrons. The van der Waals surface area contributed by atoms with Crippen molar-refractivity contribution < 1.29 is 19.6 Å². The lowest BCUT2D eigenvalue weighted by molar-refractivity contribution is -0.127. The maximum Gasteiger partial charge on any atom is 0.344 e. The summed E-state index contributed by atoms with van der Waals surface area (Å²) in [5, 5.41) is 13.6. The van der Waals surface area contributed by atoms with Crippen LogP contribution in [0.15, 0.2) is 0 Å². The number of piperidine rings is 1. The number of rotatable bonds is 4. The zero-order chi connectivity index (χ0) is 17.1. The molecule has 3 saturated heterocycles. The Morgan fingerprint density at radius 1 is 1.21 bits per heavy atom. The number of nitrogens with zero attached hydrogens (tertiary/aromatic N) is 3. The van der Waals surface area contributed by atoms with Crippen LogP contribution in [0.25, 0.3) is 0 Å². The molecular weight excluding hydrogens is 311 g/mol. The highest BCUT2D eigenvalue weighted by atomic mass is 16.5. The zero-order valence-electron chi connectivity index (χ0n) is 13.8. The van der Waals surface area contributed by atoms with Gasteiger partial charge in [0.25, 0.3) is 7.41 Å². The summed E-state index contributed by atoms with van der Waals surface area (Å²) in [7, 11) is 1.58. The van der Waals surface area contributed by atoms with Gasteiger partial charge in [0, 0.05) is 12.6 Å². The van der Waals surface area contributed by atoms with Crippen LogP contribution in [-0.2, 0) is 9.59 Å². The van der Waals surface area contributed by atoms with E-state index in [1.54, 1.807) is 7.41 Å². The lowest BCUT2D eigenvalue weighted by Gasteiger charge is -2.32. The van der Waals surface area contributed by atoms with Crippen LogP contribution >= 0.6 is 0 Å². The van der Waals surface area contributed by atoms with E-state index in [2.05, 4.69) is 5.32 Å². The molecule has 3 rings (SSSR count). The number of hydrogen-bond donors (Lipinski definition) is 2. The van der Waals surface area contributed by atoms with E-state index < -0.39 is 12.1 Å². The van der Waals surface area contributed by atoms with Crippen molar-refractivity contribution in [2.24, 2.45) is 0 Å². The van der Waals surface area contributed by atoms with E-state index in [1.807, 2.05) is 4.81 Å². The minimum Gasteiger partial charge on any atom is -0.352 e. The Morgan fingerprint density at radius 3 is 2.58 bits per heavy atom. The summed E-state index contributed by atoms with van der Waals surface area (Å²) in [6, 6.07) is -1.01. The fraction of sp³-hybridized carbons (Fsp3) is 0.800. The number of nitrogens with one attached hydrogen (secondary N) is 1. The summed E-state index contributed by atoms with van der Waals surface area (Å²) in [6.07, 6.45) is 5.61. The van der Waals surface area contributed by atoms with Crippen LogP contribution in [0.4, 0.5) is 4.79 Å². The largest absolute Gasteiger partial charge is 0.352 e.